The summed E-state index contributed by atoms with van der Waals surface area (Å²) in [5.74, 6) is 0.234. The van der Waals surface area contributed by atoms with Crippen molar-refractivity contribution in [3.05, 3.63) is 75.5 Å². The van der Waals surface area contributed by atoms with Crippen LogP contribution in [0.5, 0.6) is 5.75 Å². The molecule has 0 saturated heterocycles. The molecule has 5 rings (SSSR count). The molecule has 0 aliphatic carbocycles. The van der Waals surface area contributed by atoms with E-state index < -0.39 is 6.04 Å². The van der Waals surface area contributed by atoms with Crippen LogP contribution in [0.2, 0.25) is 0 Å². The van der Waals surface area contributed by atoms with Crippen molar-refractivity contribution < 1.29 is 14.3 Å². The van der Waals surface area contributed by atoms with E-state index in [1.54, 1.807) is 16.8 Å². The van der Waals surface area contributed by atoms with Gasteiger partial charge in [0.2, 0.25) is 0 Å². The molecule has 0 N–H and O–H groups in total. The summed E-state index contributed by atoms with van der Waals surface area (Å²) in [6.07, 6.45) is 0.660. The average molecular weight is 495 g/mol. The molecule has 32 heavy (non-hydrogen) atoms. The fourth-order valence-corrected chi connectivity index (χ4v) is 4.76. The highest BCUT2D eigenvalue weighted by Gasteiger charge is 2.40. The maximum Gasteiger partial charge on any atom is 0.275 e. The van der Waals surface area contributed by atoms with E-state index in [1.807, 2.05) is 60.1 Å². The van der Waals surface area contributed by atoms with Gasteiger partial charge in [0.1, 0.15) is 18.4 Å². The lowest BCUT2D eigenvalue weighted by atomic mass is 10.0. The van der Waals surface area contributed by atoms with Crippen molar-refractivity contribution in [3.63, 3.8) is 0 Å². The number of anilines is 1. The minimum atomic E-state index is -0.702. The molecule has 2 aliphatic heterocycles. The van der Waals surface area contributed by atoms with Crippen molar-refractivity contribution in [3.8, 4) is 5.75 Å². The van der Waals surface area contributed by atoms with Gasteiger partial charge in [-0.25, -0.2) is 0 Å². The summed E-state index contributed by atoms with van der Waals surface area (Å²) < 4.78 is 8.72. The molecule has 0 saturated carbocycles. The van der Waals surface area contributed by atoms with Crippen LogP contribution >= 0.6 is 15.9 Å². The number of rotatable bonds is 3. The van der Waals surface area contributed by atoms with Crippen molar-refractivity contribution in [2.75, 3.05) is 25.1 Å². The van der Waals surface area contributed by atoms with Crippen LogP contribution < -0.4 is 9.64 Å². The van der Waals surface area contributed by atoms with Gasteiger partial charge in [0.15, 0.2) is 5.69 Å². The minimum absolute atomic E-state index is 0.109. The standard InChI is InChI=1S/C24H23BrN4O3/c1-15-18-10-11-28(24(31)22(18)26-29(15)13-16-6-4-3-5-7-16)20-14-32-21-12-17(25)8-9-19(21)27(2)23(20)30/h3-9,12,20H,10-11,13-14H2,1-2H3/t20-/m0/s1. The number of aromatic nitrogens is 2. The molecule has 0 fully saturated rings. The lowest BCUT2D eigenvalue weighted by Crippen LogP contribution is -2.54. The highest BCUT2D eigenvalue weighted by atomic mass is 79.9. The molecule has 1 aromatic heterocycles. The summed E-state index contributed by atoms with van der Waals surface area (Å²) in [6, 6.07) is 14.9. The molecule has 0 unspecified atom stereocenters. The molecule has 0 radical (unpaired) electrons. The summed E-state index contributed by atoms with van der Waals surface area (Å²) >= 11 is 3.44. The second-order valence-electron chi connectivity index (χ2n) is 8.14. The first-order valence-corrected chi connectivity index (χ1v) is 11.3. The van der Waals surface area contributed by atoms with Crippen molar-refractivity contribution >= 4 is 33.4 Å². The SMILES string of the molecule is Cc1c2c(nn1Cc1ccccc1)C(=O)N([C@H]1COc3cc(Br)ccc3N(C)C1=O)CC2. The zero-order valence-corrected chi connectivity index (χ0v) is 19.5. The molecule has 3 heterocycles. The first-order chi connectivity index (χ1) is 15.4. The molecule has 2 amide bonds. The van der Waals surface area contributed by atoms with Crippen LogP contribution in [0.25, 0.3) is 0 Å². The van der Waals surface area contributed by atoms with Gasteiger partial charge in [0.05, 0.1) is 12.2 Å². The number of carbonyl (C=O) groups excluding carboxylic acids is 2. The zero-order valence-electron chi connectivity index (χ0n) is 17.9. The Labute approximate surface area is 194 Å². The van der Waals surface area contributed by atoms with E-state index in [-0.39, 0.29) is 18.4 Å². The van der Waals surface area contributed by atoms with Crippen LogP contribution in [-0.4, -0.2) is 52.7 Å². The molecule has 1 atom stereocenters. The predicted molar refractivity (Wildman–Crippen MR) is 124 cm³/mol. The van der Waals surface area contributed by atoms with Gasteiger partial charge < -0.3 is 14.5 Å². The maximum absolute atomic E-state index is 13.4. The number of ether oxygens (including phenoxy) is 1. The number of halogens is 1. The third-order valence-corrected chi connectivity index (χ3v) is 6.74. The molecule has 8 heteroatoms. The third-order valence-electron chi connectivity index (χ3n) is 6.24. The van der Waals surface area contributed by atoms with Gasteiger partial charge in [-0.2, -0.15) is 5.10 Å². The Bertz CT molecular complexity index is 1210. The second-order valence-corrected chi connectivity index (χ2v) is 9.06. The topological polar surface area (TPSA) is 67.7 Å². The monoisotopic (exact) mass is 494 g/mol. The van der Waals surface area contributed by atoms with E-state index in [1.165, 1.54) is 0 Å². The number of benzene rings is 2. The molecule has 0 spiro atoms. The largest absolute Gasteiger partial charge is 0.489 e. The fourth-order valence-electron chi connectivity index (χ4n) is 4.42. The van der Waals surface area contributed by atoms with Crippen molar-refractivity contribution in [1.29, 1.82) is 0 Å². The van der Waals surface area contributed by atoms with Crippen molar-refractivity contribution in [2.45, 2.75) is 25.9 Å². The Hall–Kier alpha value is -3.13. The fraction of sp³-hybridized carbons (Fsp3) is 0.292. The summed E-state index contributed by atoms with van der Waals surface area (Å²) in [4.78, 5) is 29.9. The Morgan fingerprint density at radius 1 is 1.16 bits per heavy atom. The van der Waals surface area contributed by atoms with Crippen LogP contribution in [0.15, 0.2) is 53.0 Å². The number of carbonyl (C=O) groups is 2. The number of fused-ring (bicyclic) bond motifs is 2. The van der Waals surface area contributed by atoms with E-state index in [9.17, 15) is 9.59 Å². The van der Waals surface area contributed by atoms with Gasteiger partial charge in [-0.3, -0.25) is 14.3 Å². The van der Waals surface area contributed by atoms with E-state index in [4.69, 9.17) is 4.74 Å². The summed E-state index contributed by atoms with van der Waals surface area (Å²) in [5, 5.41) is 4.64. The summed E-state index contributed by atoms with van der Waals surface area (Å²) in [5.41, 5.74) is 4.20. The Kier molecular flexibility index (Phi) is 5.25. The normalized spacial score (nSPS) is 18.2. The van der Waals surface area contributed by atoms with Crippen LogP contribution in [0.3, 0.4) is 0 Å². The Morgan fingerprint density at radius 2 is 1.94 bits per heavy atom. The smallest absolute Gasteiger partial charge is 0.275 e. The lowest BCUT2D eigenvalue weighted by molar-refractivity contribution is -0.123. The highest BCUT2D eigenvalue weighted by Crippen LogP contribution is 2.34. The average Bonchev–Trinajstić information content (AvgIpc) is 3.05. The number of likely N-dealkylation sites (N-methyl/N-ethyl adjacent to an activating group) is 1. The maximum atomic E-state index is 13.4. The molecule has 7 nitrogen and oxygen atoms in total. The van der Waals surface area contributed by atoms with E-state index >= 15 is 0 Å². The number of hydrogen-bond donors (Lipinski definition) is 0. The van der Waals surface area contributed by atoms with E-state index in [0.29, 0.717) is 36.6 Å². The van der Waals surface area contributed by atoms with Gasteiger partial charge >= 0.3 is 0 Å². The number of nitrogens with zero attached hydrogens (tertiary/aromatic N) is 4. The van der Waals surface area contributed by atoms with Gasteiger partial charge in [-0.15, -0.1) is 0 Å². The zero-order chi connectivity index (χ0) is 22.4. The molecule has 3 aromatic rings. The lowest BCUT2D eigenvalue weighted by Gasteiger charge is -2.33. The van der Waals surface area contributed by atoms with Crippen LogP contribution in [0.1, 0.15) is 27.3 Å². The van der Waals surface area contributed by atoms with Crippen molar-refractivity contribution in [1.82, 2.24) is 14.7 Å². The van der Waals surface area contributed by atoms with Gasteiger partial charge in [0, 0.05) is 29.3 Å². The predicted octanol–water partition coefficient (Wildman–Crippen LogP) is 3.42. The minimum Gasteiger partial charge on any atom is -0.489 e. The number of hydrogen-bond acceptors (Lipinski definition) is 4. The van der Waals surface area contributed by atoms with E-state index in [0.717, 1.165) is 21.3 Å². The molecular weight excluding hydrogens is 472 g/mol. The number of amides is 2. The summed E-state index contributed by atoms with van der Waals surface area (Å²) in [6.45, 7) is 3.17. The van der Waals surface area contributed by atoms with Gasteiger partial charge in [-0.1, -0.05) is 46.3 Å². The first-order valence-electron chi connectivity index (χ1n) is 10.5. The van der Waals surface area contributed by atoms with Crippen LogP contribution in [0.4, 0.5) is 5.69 Å². The Morgan fingerprint density at radius 3 is 2.72 bits per heavy atom. The molecular formula is C24H23BrN4O3. The quantitative estimate of drug-likeness (QED) is 0.559. The third kappa shape index (κ3) is 3.48. The Balaban J connectivity index is 1.42. The molecule has 2 aromatic carbocycles. The van der Waals surface area contributed by atoms with E-state index in [2.05, 4.69) is 21.0 Å². The summed E-state index contributed by atoms with van der Waals surface area (Å²) in [7, 11) is 1.72. The van der Waals surface area contributed by atoms with Crippen LogP contribution in [-0.2, 0) is 17.8 Å². The van der Waals surface area contributed by atoms with Crippen molar-refractivity contribution in [2.24, 2.45) is 0 Å². The molecule has 2 aliphatic rings. The first kappa shape index (κ1) is 20.8. The second kappa shape index (κ2) is 8.09. The van der Waals surface area contributed by atoms with Crippen LogP contribution in [0, 0.1) is 6.92 Å². The molecule has 0 bridgehead atoms. The van der Waals surface area contributed by atoms with Gasteiger partial charge in [0.25, 0.3) is 11.8 Å². The highest BCUT2D eigenvalue weighted by molar-refractivity contribution is 9.10. The molecule has 164 valence electrons. The van der Waals surface area contributed by atoms with Gasteiger partial charge in [-0.05, 0) is 37.1 Å².